The van der Waals surface area contributed by atoms with Gasteiger partial charge in [0.25, 0.3) is 0 Å². The molecule has 120 valence electrons. The van der Waals surface area contributed by atoms with Gasteiger partial charge in [-0.3, -0.25) is 4.79 Å². The number of hydrogen-bond donors (Lipinski definition) is 0. The number of carbonyl (C=O) groups excluding carboxylic acids is 1. The van der Waals surface area contributed by atoms with E-state index in [2.05, 4.69) is 0 Å². The topological polar surface area (TPSA) is 53.3 Å². The van der Waals surface area contributed by atoms with E-state index in [4.69, 9.17) is 10.00 Å². The van der Waals surface area contributed by atoms with E-state index >= 15 is 0 Å². The molecule has 0 aliphatic carbocycles. The van der Waals surface area contributed by atoms with E-state index in [1.807, 2.05) is 19.9 Å². The van der Waals surface area contributed by atoms with Crippen LogP contribution in [0.4, 0.5) is 8.78 Å². The maximum Gasteiger partial charge on any atom is 0.239 e. The molecule has 0 saturated carbocycles. The second-order valence-corrected chi connectivity index (χ2v) is 4.76. The molecule has 6 heteroatoms. The van der Waals surface area contributed by atoms with Crippen LogP contribution in [0.3, 0.4) is 0 Å². The van der Waals surface area contributed by atoms with Crippen molar-refractivity contribution in [2.24, 2.45) is 5.92 Å². The third-order valence-corrected chi connectivity index (χ3v) is 3.32. The first-order valence-electron chi connectivity index (χ1n) is 7.29. The summed E-state index contributed by atoms with van der Waals surface area (Å²) in [7, 11) is 0. The number of carbonyl (C=O) groups is 1. The summed E-state index contributed by atoms with van der Waals surface area (Å²) in [6.45, 7) is 4.99. The van der Waals surface area contributed by atoms with E-state index in [1.165, 1.54) is 6.07 Å². The number of hydrogen-bond acceptors (Lipinski definition) is 3. The van der Waals surface area contributed by atoms with Crippen molar-refractivity contribution < 1.29 is 18.3 Å². The van der Waals surface area contributed by atoms with Gasteiger partial charge in [0.1, 0.15) is 11.7 Å². The fraction of sp³-hybridized carbons (Fsp3) is 0.500. The molecule has 1 unspecified atom stereocenters. The van der Waals surface area contributed by atoms with E-state index < -0.39 is 17.6 Å². The lowest BCUT2D eigenvalue weighted by atomic mass is 10.0. The number of ether oxygens (including phenoxy) is 1. The zero-order chi connectivity index (χ0) is 16.5. The van der Waals surface area contributed by atoms with Crippen LogP contribution in [0.25, 0.3) is 0 Å². The van der Waals surface area contributed by atoms with Gasteiger partial charge in [0.05, 0.1) is 12.7 Å². The van der Waals surface area contributed by atoms with Crippen molar-refractivity contribution in [1.82, 2.24) is 4.90 Å². The van der Waals surface area contributed by atoms with Crippen molar-refractivity contribution in [1.29, 1.82) is 5.26 Å². The van der Waals surface area contributed by atoms with Crippen molar-refractivity contribution in [3.05, 3.63) is 29.8 Å². The molecule has 0 spiro atoms. The number of nitrogens with zero attached hydrogens (tertiary/aromatic N) is 2. The Kier molecular flexibility index (Phi) is 7.30. The van der Waals surface area contributed by atoms with Crippen molar-refractivity contribution >= 4 is 5.91 Å². The van der Waals surface area contributed by atoms with Crippen LogP contribution in [0, 0.1) is 28.9 Å². The van der Waals surface area contributed by atoms with Gasteiger partial charge < -0.3 is 9.64 Å². The minimum absolute atomic E-state index is 0.0371. The molecular weight excluding hydrogens is 290 g/mol. The summed E-state index contributed by atoms with van der Waals surface area (Å²) in [5.74, 6) is -2.39. The molecule has 0 heterocycles. The van der Waals surface area contributed by atoms with Gasteiger partial charge in [0.15, 0.2) is 11.6 Å². The Labute approximate surface area is 129 Å². The molecule has 0 N–H and O–H groups in total. The highest BCUT2D eigenvalue weighted by atomic mass is 19.1. The summed E-state index contributed by atoms with van der Waals surface area (Å²) in [5, 5.41) is 9.09. The minimum Gasteiger partial charge on any atom is -0.491 e. The Morgan fingerprint density at radius 2 is 2.05 bits per heavy atom. The summed E-state index contributed by atoms with van der Waals surface area (Å²) in [6.07, 6.45) is 0.775. The largest absolute Gasteiger partial charge is 0.491 e. The SMILES string of the molecule is CCN(CC)C(=O)C(C#N)CCCOc1ccc(F)cc1F. The molecule has 0 aliphatic heterocycles. The molecule has 0 fully saturated rings. The molecule has 0 aromatic heterocycles. The van der Waals surface area contributed by atoms with Gasteiger partial charge in [0, 0.05) is 19.2 Å². The van der Waals surface area contributed by atoms with Crippen molar-refractivity contribution in [3.8, 4) is 11.8 Å². The molecule has 1 atom stereocenters. The van der Waals surface area contributed by atoms with Gasteiger partial charge in [-0.2, -0.15) is 5.26 Å². The maximum absolute atomic E-state index is 13.4. The Balaban J connectivity index is 2.45. The molecule has 22 heavy (non-hydrogen) atoms. The lowest BCUT2D eigenvalue weighted by Crippen LogP contribution is -2.35. The molecule has 0 radical (unpaired) electrons. The van der Waals surface area contributed by atoms with Crippen molar-refractivity contribution in [2.75, 3.05) is 19.7 Å². The van der Waals surface area contributed by atoms with Gasteiger partial charge in [-0.15, -0.1) is 0 Å². The normalized spacial score (nSPS) is 11.6. The first kappa shape index (κ1) is 17.9. The van der Waals surface area contributed by atoms with Crippen LogP contribution in [-0.4, -0.2) is 30.5 Å². The van der Waals surface area contributed by atoms with Crippen LogP contribution in [0.1, 0.15) is 26.7 Å². The zero-order valence-corrected chi connectivity index (χ0v) is 12.8. The molecule has 4 nitrogen and oxygen atoms in total. The van der Waals surface area contributed by atoms with E-state index in [9.17, 15) is 13.6 Å². The van der Waals surface area contributed by atoms with E-state index in [0.717, 1.165) is 12.1 Å². The predicted molar refractivity (Wildman–Crippen MR) is 78.1 cm³/mol. The first-order chi connectivity index (χ1) is 10.5. The van der Waals surface area contributed by atoms with Crippen LogP contribution >= 0.6 is 0 Å². The van der Waals surface area contributed by atoms with Gasteiger partial charge in [-0.1, -0.05) is 0 Å². The van der Waals surface area contributed by atoms with E-state index in [0.29, 0.717) is 25.9 Å². The van der Waals surface area contributed by atoms with Crippen LogP contribution in [0.5, 0.6) is 5.75 Å². The van der Waals surface area contributed by atoms with Crippen molar-refractivity contribution in [3.63, 3.8) is 0 Å². The van der Waals surface area contributed by atoms with E-state index in [1.54, 1.807) is 4.90 Å². The number of nitriles is 1. The standard InChI is InChI=1S/C16H20F2N2O2/c1-3-20(4-2)16(21)12(11-19)6-5-9-22-15-8-7-13(17)10-14(15)18/h7-8,10,12H,3-6,9H2,1-2H3. The summed E-state index contributed by atoms with van der Waals surface area (Å²) in [5.41, 5.74) is 0. The smallest absolute Gasteiger partial charge is 0.239 e. The van der Waals surface area contributed by atoms with Gasteiger partial charge in [-0.25, -0.2) is 8.78 Å². The summed E-state index contributed by atoms with van der Waals surface area (Å²) >= 11 is 0. The molecule has 1 amide bonds. The predicted octanol–water partition coefficient (Wildman–Crippen LogP) is 3.13. The summed E-state index contributed by atoms with van der Waals surface area (Å²) < 4.78 is 31.3. The number of halogens is 2. The Morgan fingerprint density at radius 3 is 2.59 bits per heavy atom. The maximum atomic E-state index is 13.4. The quantitative estimate of drug-likeness (QED) is 0.693. The van der Waals surface area contributed by atoms with E-state index in [-0.39, 0.29) is 18.3 Å². The molecule has 0 saturated heterocycles. The average Bonchev–Trinajstić information content (AvgIpc) is 2.50. The second kappa shape index (κ2) is 8.98. The van der Waals surface area contributed by atoms with Crippen LogP contribution in [0.15, 0.2) is 18.2 Å². The van der Waals surface area contributed by atoms with Crippen LogP contribution in [-0.2, 0) is 4.79 Å². The minimum atomic E-state index is -0.768. The lowest BCUT2D eigenvalue weighted by molar-refractivity contribution is -0.133. The third-order valence-electron chi connectivity index (χ3n) is 3.32. The Bertz CT molecular complexity index is 539. The first-order valence-corrected chi connectivity index (χ1v) is 7.29. The average molecular weight is 310 g/mol. The monoisotopic (exact) mass is 310 g/mol. The lowest BCUT2D eigenvalue weighted by Gasteiger charge is -2.21. The Hall–Kier alpha value is -2.16. The second-order valence-electron chi connectivity index (χ2n) is 4.76. The third kappa shape index (κ3) is 4.99. The van der Waals surface area contributed by atoms with Gasteiger partial charge in [-0.05, 0) is 38.8 Å². The fourth-order valence-corrected chi connectivity index (χ4v) is 2.06. The van der Waals surface area contributed by atoms with Gasteiger partial charge >= 0.3 is 0 Å². The highest BCUT2D eigenvalue weighted by Gasteiger charge is 2.21. The van der Waals surface area contributed by atoms with Crippen LogP contribution in [0.2, 0.25) is 0 Å². The summed E-state index contributed by atoms with van der Waals surface area (Å²) in [4.78, 5) is 13.7. The summed E-state index contributed by atoms with van der Waals surface area (Å²) in [6, 6.07) is 5.07. The molecular formula is C16H20F2N2O2. The molecule has 0 aliphatic rings. The van der Waals surface area contributed by atoms with Gasteiger partial charge in [0.2, 0.25) is 5.91 Å². The number of rotatable bonds is 8. The molecule has 1 rings (SSSR count). The van der Waals surface area contributed by atoms with Crippen molar-refractivity contribution in [2.45, 2.75) is 26.7 Å². The molecule has 1 aromatic rings. The highest BCUT2D eigenvalue weighted by molar-refractivity contribution is 5.81. The molecule has 0 bridgehead atoms. The molecule has 1 aromatic carbocycles. The highest BCUT2D eigenvalue weighted by Crippen LogP contribution is 2.18. The number of amides is 1. The number of benzene rings is 1. The zero-order valence-electron chi connectivity index (χ0n) is 12.8. The Morgan fingerprint density at radius 1 is 1.36 bits per heavy atom. The van der Waals surface area contributed by atoms with Crippen LogP contribution < -0.4 is 4.74 Å². The fourth-order valence-electron chi connectivity index (χ4n) is 2.06.